The van der Waals surface area contributed by atoms with E-state index in [1.54, 1.807) is 36.1 Å². The van der Waals surface area contributed by atoms with E-state index in [-0.39, 0.29) is 11.5 Å². The van der Waals surface area contributed by atoms with Crippen LogP contribution in [0, 0.1) is 6.92 Å². The van der Waals surface area contributed by atoms with Gasteiger partial charge in [0.05, 0.1) is 18.2 Å². The van der Waals surface area contributed by atoms with Crippen LogP contribution < -0.4 is 15.6 Å². The minimum atomic E-state index is -0.346. The normalized spacial score (nSPS) is 11.1. The Morgan fingerprint density at radius 2 is 1.82 bits per heavy atom. The first-order valence-electron chi connectivity index (χ1n) is 10.6. The number of carbonyl (C=O) groups is 1. The predicted octanol–water partition coefficient (Wildman–Crippen LogP) is 4.27. The standard InChI is InChI=1S/C26H22N4O3/c1-17-11-12-22(33-2)20(14-17)27-25(31)21-15-19-24(30(21)16-18-8-4-3-5-9-18)28-23-10-6-7-13-29(23)26(19)32/h3-15H,16H2,1-2H3,(H,27,31). The van der Waals surface area contributed by atoms with Crippen molar-refractivity contribution in [3.8, 4) is 5.75 Å². The van der Waals surface area contributed by atoms with Crippen LogP contribution >= 0.6 is 0 Å². The summed E-state index contributed by atoms with van der Waals surface area (Å²) < 4.78 is 8.68. The van der Waals surface area contributed by atoms with E-state index in [1.165, 1.54) is 4.40 Å². The lowest BCUT2D eigenvalue weighted by molar-refractivity contribution is 0.101. The number of hydrogen-bond acceptors (Lipinski definition) is 4. The molecule has 0 bridgehead atoms. The van der Waals surface area contributed by atoms with Crippen molar-refractivity contribution in [1.29, 1.82) is 0 Å². The number of carbonyl (C=O) groups excluding carboxylic acids is 1. The Hall–Kier alpha value is -4.39. The monoisotopic (exact) mass is 438 g/mol. The van der Waals surface area contributed by atoms with Crippen molar-refractivity contribution >= 4 is 28.3 Å². The van der Waals surface area contributed by atoms with Gasteiger partial charge in [0.1, 0.15) is 22.7 Å². The van der Waals surface area contributed by atoms with Gasteiger partial charge in [-0.15, -0.1) is 0 Å². The lowest BCUT2D eigenvalue weighted by Crippen LogP contribution is -2.18. The summed E-state index contributed by atoms with van der Waals surface area (Å²) in [5.74, 6) is 0.213. The van der Waals surface area contributed by atoms with Crippen LogP contribution in [0.2, 0.25) is 0 Å². The van der Waals surface area contributed by atoms with Crippen LogP contribution in [0.25, 0.3) is 16.7 Å². The van der Waals surface area contributed by atoms with Crippen LogP contribution in [0.15, 0.2) is 83.8 Å². The zero-order chi connectivity index (χ0) is 22.9. The Morgan fingerprint density at radius 1 is 1.03 bits per heavy atom. The van der Waals surface area contributed by atoms with Gasteiger partial charge in [0, 0.05) is 12.7 Å². The van der Waals surface area contributed by atoms with E-state index in [0.29, 0.717) is 40.4 Å². The second-order valence-electron chi connectivity index (χ2n) is 7.84. The van der Waals surface area contributed by atoms with Gasteiger partial charge in [0.25, 0.3) is 11.5 Å². The molecule has 0 atom stereocenters. The molecule has 164 valence electrons. The maximum atomic E-state index is 13.5. The first-order chi connectivity index (χ1) is 16.0. The number of anilines is 1. The molecular weight excluding hydrogens is 416 g/mol. The summed E-state index contributed by atoms with van der Waals surface area (Å²) in [4.78, 5) is 31.4. The second-order valence-corrected chi connectivity index (χ2v) is 7.84. The average molecular weight is 438 g/mol. The summed E-state index contributed by atoms with van der Waals surface area (Å²) in [7, 11) is 1.56. The van der Waals surface area contributed by atoms with E-state index in [4.69, 9.17) is 9.72 Å². The SMILES string of the molecule is COc1ccc(C)cc1NC(=O)c1cc2c(=O)n3ccccc3nc2n1Cc1ccccc1. The molecule has 0 aliphatic carbocycles. The van der Waals surface area contributed by atoms with Gasteiger partial charge in [-0.2, -0.15) is 0 Å². The molecule has 0 unspecified atom stereocenters. The Bertz CT molecular complexity index is 1550. The molecule has 0 spiro atoms. The Balaban J connectivity index is 1.68. The van der Waals surface area contributed by atoms with E-state index >= 15 is 0 Å². The van der Waals surface area contributed by atoms with Gasteiger partial charge in [-0.05, 0) is 48.4 Å². The molecule has 0 fully saturated rings. The second kappa shape index (κ2) is 8.27. The molecule has 0 saturated carbocycles. The summed E-state index contributed by atoms with van der Waals surface area (Å²) in [6, 6.07) is 22.3. The number of ether oxygens (including phenoxy) is 1. The Kier molecular flexibility index (Phi) is 5.14. The lowest BCUT2D eigenvalue weighted by Gasteiger charge is -2.13. The molecule has 33 heavy (non-hydrogen) atoms. The molecule has 1 N–H and O–H groups in total. The third-order valence-electron chi connectivity index (χ3n) is 5.60. The number of methoxy groups -OCH3 is 1. The fourth-order valence-electron chi connectivity index (χ4n) is 3.97. The fourth-order valence-corrected chi connectivity index (χ4v) is 3.97. The van der Waals surface area contributed by atoms with Crippen molar-refractivity contribution in [1.82, 2.24) is 14.0 Å². The number of pyridine rings is 1. The van der Waals surface area contributed by atoms with Gasteiger partial charge in [0.2, 0.25) is 0 Å². The summed E-state index contributed by atoms with van der Waals surface area (Å²) in [5, 5.41) is 3.33. The zero-order valence-corrected chi connectivity index (χ0v) is 18.3. The van der Waals surface area contributed by atoms with Gasteiger partial charge >= 0.3 is 0 Å². The molecule has 7 heteroatoms. The van der Waals surface area contributed by atoms with Gasteiger partial charge in [-0.1, -0.05) is 42.5 Å². The summed E-state index contributed by atoms with van der Waals surface area (Å²) in [6.45, 7) is 2.34. The van der Waals surface area contributed by atoms with Crippen LogP contribution in [-0.4, -0.2) is 27.0 Å². The fraction of sp³-hybridized carbons (Fsp3) is 0.115. The summed E-state index contributed by atoms with van der Waals surface area (Å²) in [5.41, 5.74) is 3.66. The van der Waals surface area contributed by atoms with Crippen LogP contribution in [0.1, 0.15) is 21.6 Å². The summed E-state index contributed by atoms with van der Waals surface area (Å²) >= 11 is 0. The molecule has 3 heterocycles. The first-order valence-corrected chi connectivity index (χ1v) is 10.6. The number of nitrogens with zero attached hydrogens (tertiary/aromatic N) is 3. The van der Waals surface area contributed by atoms with E-state index < -0.39 is 0 Å². The molecule has 0 saturated heterocycles. The highest BCUT2D eigenvalue weighted by molar-refractivity contribution is 6.06. The highest BCUT2D eigenvalue weighted by atomic mass is 16.5. The minimum absolute atomic E-state index is 0.218. The molecule has 5 aromatic rings. The largest absolute Gasteiger partial charge is 0.495 e. The number of amides is 1. The van der Waals surface area contributed by atoms with Crippen LogP contribution in [-0.2, 0) is 6.54 Å². The van der Waals surface area contributed by atoms with Gasteiger partial charge < -0.3 is 14.6 Å². The van der Waals surface area contributed by atoms with Crippen molar-refractivity contribution < 1.29 is 9.53 Å². The quantitative estimate of drug-likeness (QED) is 0.445. The van der Waals surface area contributed by atoms with Crippen LogP contribution in [0.3, 0.4) is 0 Å². The Labute approximate surface area is 189 Å². The maximum Gasteiger partial charge on any atom is 0.272 e. The topological polar surface area (TPSA) is 77.6 Å². The van der Waals surface area contributed by atoms with E-state index in [2.05, 4.69) is 5.32 Å². The predicted molar refractivity (Wildman–Crippen MR) is 128 cm³/mol. The number of rotatable bonds is 5. The number of aromatic nitrogens is 3. The maximum absolute atomic E-state index is 13.5. The minimum Gasteiger partial charge on any atom is -0.495 e. The van der Waals surface area contributed by atoms with E-state index in [0.717, 1.165) is 11.1 Å². The molecule has 0 aliphatic heterocycles. The number of hydrogen-bond donors (Lipinski definition) is 1. The Morgan fingerprint density at radius 3 is 2.61 bits per heavy atom. The van der Waals surface area contributed by atoms with Crippen molar-refractivity contribution in [3.05, 3.63) is 106 Å². The molecular formula is C26H22N4O3. The average Bonchev–Trinajstić information content (AvgIpc) is 3.19. The van der Waals surface area contributed by atoms with E-state index in [9.17, 15) is 9.59 Å². The third kappa shape index (κ3) is 3.74. The van der Waals surface area contributed by atoms with Crippen molar-refractivity contribution in [2.45, 2.75) is 13.5 Å². The third-order valence-corrected chi connectivity index (χ3v) is 5.60. The highest BCUT2D eigenvalue weighted by Gasteiger charge is 2.21. The number of fused-ring (bicyclic) bond motifs is 2. The molecule has 0 radical (unpaired) electrons. The summed E-state index contributed by atoms with van der Waals surface area (Å²) in [6.07, 6.45) is 1.68. The number of aryl methyl sites for hydroxylation is 1. The van der Waals surface area contributed by atoms with Crippen molar-refractivity contribution in [3.63, 3.8) is 0 Å². The lowest BCUT2D eigenvalue weighted by atomic mass is 10.2. The zero-order valence-electron chi connectivity index (χ0n) is 18.3. The molecule has 7 nitrogen and oxygen atoms in total. The highest BCUT2D eigenvalue weighted by Crippen LogP contribution is 2.27. The van der Waals surface area contributed by atoms with Crippen LogP contribution in [0.5, 0.6) is 5.75 Å². The molecule has 2 aromatic carbocycles. The number of benzene rings is 2. The van der Waals surface area contributed by atoms with E-state index in [1.807, 2.05) is 61.5 Å². The van der Waals surface area contributed by atoms with Crippen molar-refractivity contribution in [2.75, 3.05) is 12.4 Å². The molecule has 0 aliphatic rings. The number of nitrogens with one attached hydrogen (secondary N) is 1. The molecule has 5 rings (SSSR count). The molecule has 3 aromatic heterocycles. The first kappa shape index (κ1) is 20.5. The molecule has 1 amide bonds. The van der Waals surface area contributed by atoms with Crippen molar-refractivity contribution in [2.24, 2.45) is 0 Å². The van der Waals surface area contributed by atoms with Crippen LogP contribution in [0.4, 0.5) is 5.69 Å². The smallest absolute Gasteiger partial charge is 0.272 e. The van der Waals surface area contributed by atoms with Gasteiger partial charge in [0.15, 0.2) is 0 Å². The van der Waals surface area contributed by atoms with Gasteiger partial charge in [-0.25, -0.2) is 4.98 Å². The van der Waals surface area contributed by atoms with Gasteiger partial charge in [-0.3, -0.25) is 14.0 Å².